The number of carboxylic acid groups (broad SMARTS) is 1. The topological polar surface area (TPSA) is 75.6 Å². The predicted octanol–water partition coefficient (Wildman–Crippen LogP) is 2.29. The monoisotopic (exact) mass is 275 g/mol. The van der Waals surface area contributed by atoms with Gasteiger partial charge in [-0.15, -0.1) is 0 Å². The van der Waals surface area contributed by atoms with Crippen LogP contribution in [0, 0.1) is 5.92 Å². The highest BCUT2D eigenvalue weighted by atomic mass is 16.5. The molecule has 1 fully saturated rings. The van der Waals surface area contributed by atoms with Crippen molar-refractivity contribution >= 4 is 12.1 Å². The Kier molecular flexibility index (Phi) is 4.40. The zero-order valence-electron chi connectivity index (χ0n) is 11.0. The van der Waals surface area contributed by atoms with Gasteiger partial charge in [-0.3, -0.25) is 4.79 Å². The molecule has 0 unspecified atom stereocenters. The molecule has 0 aliphatic heterocycles. The van der Waals surface area contributed by atoms with Crippen LogP contribution in [-0.4, -0.2) is 23.8 Å². The van der Waals surface area contributed by atoms with E-state index in [1.54, 1.807) is 0 Å². The maximum Gasteiger partial charge on any atom is 0.407 e. The van der Waals surface area contributed by atoms with E-state index in [1.807, 2.05) is 24.3 Å². The molecule has 1 amide bonds. The van der Waals surface area contributed by atoms with Gasteiger partial charge in [-0.1, -0.05) is 36.9 Å². The van der Waals surface area contributed by atoms with E-state index < -0.39 is 12.1 Å². The van der Waals surface area contributed by atoms with Crippen molar-refractivity contribution < 1.29 is 19.4 Å². The summed E-state index contributed by atoms with van der Waals surface area (Å²) in [7, 11) is 0. The first-order valence-corrected chi connectivity index (χ1v) is 6.45. The summed E-state index contributed by atoms with van der Waals surface area (Å²) in [5.74, 6) is -0.914. The summed E-state index contributed by atoms with van der Waals surface area (Å²) < 4.78 is 4.81. The van der Waals surface area contributed by atoms with Crippen LogP contribution in [0.3, 0.4) is 0 Å². The number of carbonyl (C=O) groups is 2. The summed E-state index contributed by atoms with van der Waals surface area (Å²) in [6, 6.07) is 7.61. The van der Waals surface area contributed by atoms with Crippen molar-refractivity contribution in [3.63, 3.8) is 0 Å². The van der Waals surface area contributed by atoms with Crippen molar-refractivity contribution in [2.45, 2.75) is 18.9 Å². The van der Waals surface area contributed by atoms with Gasteiger partial charge < -0.3 is 15.2 Å². The SMILES string of the molecule is C=CCOC(=O)NCc1cccc([C@@H]2C[C@H]2C(=O)O)c1. The zero-order valence-corrected chi connectivity index (χ0v) is 11.0. The molecule has 2 atom stereocenters. The quantitative estimate of drug-likeness (QED) is 0.781. The minimum Gasteiger partial charge on any atom is -0.481 e. The number of hydrogen-bond donors (Lipinski definition) is 2. The van der Waals surface area contributed by atoms with E-state index in [0.29, 0.717) is 13.0 Å². The first-order valence-electron chi connectivity index (χ1n) is 6.45. The van der Waals surface area contributed by atoms with Gasteiger partial charge >= 0.3 is 12.1 Å². The van der Waals surface area contributed by atoms with Crippen LogP contribution < -0.4 is 5.32 Å². The average molecular weight is 275 g/mol. The van der Waals surface area contributed by atoms with Gasteiger partial charge in [0.2, 0.25) is 0 Å². The second kappa shape index (κ2) is 6.23. The number of rotatable bonds is 6. The van der Waals surface area contributed by atoms with Gasteiger partial charge in [-0.2, -0.15) is 0 Å². The van der Waals surface area contributed by atoms with Crippen LogP contribution in [0.5, 0.6) is 0 Å². The van der Waals surface area contributed by atoms with Gasteiger partial charge in [0.25, 0.3) is 0 Å². The largest absolute Gasteiger partial charge is 0.481 e. The number of amides is 1. The lowest BCUT2D eigenvalue weighted by molar-refractivity contribution is -0.138. The third-order valence-corrected chi connectivity index (χ3v) is 3.26. The number of carbonyl (C=O) groups excluding carboxylic acids is 1. The molecular formula is C15H17NO4. The lowest BCUT2D eigenvalue weighted by Gasteiger charge is -2.07. The number of ether oxygens (including phenoxy) is 1. The third-order valence-electron chi connectivity index (χ3n) is 3.26. The molecule has 0 aromatic heterocycles. The van der Waals surface area contributed by atoms with Gasteiger partial charge in [0.05, 0.1) is 5.92 Å². The number of benzene rings is 1. The van der Waals surface area contributed by atoms with Crippen LogP contribution in [0.4, 0.5) is 4.79 Å². The Bertz CT molecular complexity index is 526. The van der Waals surface area contributed by atoms with Crippen molar-refractivity contribution in [2.75, 3.05) is 6.61 Å². The normalized spacial score (nSPS) is 20.0. The highest BCUT2D eigenvalue weighted by Crippen LogP contribution is 2.47. The van der Waals surface area contributed by atoms with Gasteiger partial charge in [0.15, 0.2) is 0 Å². The van der Waals surface area contributed by atoms with Crippen LogP contribution in [0.1, 0.15) is 23.5 Å². The molecule has 5 heteroatoms. The maximum absolute atomic E-state index is 11.3. The van der Waals surface area contributed by atoms with Gasteiger partial charge in [0, 0.05) is 6.54 Å². The lowest BCUT2D eigenvalue weighted by atomic mass is 10.1. The number of aliphatic carboxylic acids is 1. The van der Waals surface area contributed by atoms with Crippen LogP contribution in [-0.2, 0) is 16.1 Å². The molecule has 20 heavy (non-hydrogen) atoms. The fourth-order valence-electron chi connectivity index (χ4n) is 2.13. The van der Waals surface area contributed by atoms with E-state index in [1.165, 1.54) is 6.08 Å². The van der Waals surface area contributed by atoms with E-state index in [9.17, 15) is 9.59 Å². The molecule has 0 radical (unpaired) electrons. The van der Waals surface area contributed by atoms with E-state index in [4.69, 9.17) is 9.84 Å². The summed E-state index contributed by atoms with van der Waals surface area (Å²) >= 11 is 0. The molecule has 1 aromatic rings. The minimum atomic E-state index is -0.744. The van der Waals surface area contributed by atoms with E-state index in [-0.39, 0.29) is 18.4 Å². The Balaban J connectivity index is 1.89. The fraction of sp³-hybridized carbons (Fsp3) is 0.333. The Morgan fingerprint density at radius 1 is 1.50 bits per heavy atom. The first kappa shape index (κ1) is 14.1. The predicted molar refractivity (Wildman–Crippen MR) is 73.3 cm³/mol. The van der Waals surface area contributed by atoms with Gasteiger partial charge in [-0.25, -0.2) is 4.79 Å². The molecule has 1 aromatic carbocycles. The molecule has 1 saturated carbocycles. The molecule has 0 spiro atoms. The molecule has 106 valence electrons. The second-order valence-electron chi connectivity index (χ2n) is 4.77. The summed E-state index contributed by atoms with van der Waals surface area (Å²) in [4.78, 5) is 22.2. The number of nitrogens with one attached hydrogen (secondary N) is 1. The molecule has 5 nitrogen and oxygen atoms in total. The Morgan fingerprint density at radius 2 is 2.30 bits per heavy atom. The number of alkyl carbamates (subject to hydrolysis) is 1. The average Bonchev–Trinajstić information content (AvgIpc) is 3.24. The second-order valence-corrected chi connectivity index (χ2v) is 4.77. The minimum absolute atomic E-state index is 0.0974. The van der Waals surface area contributed by atoms with Crippen molar-refractivity contribution in [1.29, 1.82) is 0 Å². The number of carboxylic acids is 1. The summed E-state index contributed by atoms with van der Waals surface area (Å²) in [6.07, 6.45) is 1.69. The highest BCUT2D eigenvalue weighted by molar-refractivity contribution is 5.75. The molecule has 0 bridgehead atoms. The van der Waals surface area contributed by atoms with Crippen LogP contribution >= 0.6 is 0 Å². The molecule has 1 aliphatic carbocycles. The Labute approximate surface area is 117 Å². The van der Waals surface area contributed by atoms with Crippen LogP contribution in [0.25, 0.3) is 0 Å². The van der Waals surface area contributed by atoms with E-state index in [0.717, 1.165) is 11.1 Å². The van der Waals surface area contributed by atoms with Crippen molar-refractivity contribution in [2.24, 2.45) is 5.92 Å². The standard InChI is InChI=1S/C15H17NO4/c1-2-6-20-15(19)16-9-10-4-3-5-11(7-10)12-8-13(12)14(17)18/h2-5,7,12-13H,1,6,8-9H2,(H,16,19)(H,17,18)/t12-,13+/m0/s1. The molecule has 1 aliphatic rings. The summed E-state index contributed by atoms with van der Waals surface area (Å²) in [6.45, 7) is 3.99. The molecule has 0 heterocycles. The van der Waals surface area contributed by atoms with Crippen molar-refractivity contribution in [1.82, 2.24) is 5.32 Å². The molecular weight excluding hydrogens is 258 g/mol. The molecule has 2 rings (SSSR count). The van der Waals surface area contributed by atoms with E-state index in [2.05, 4.69) is 11.9 Å². The van der Waals surface area contributed by atoms with Crippen LogP contribution in [0.15, 0.2) is 36.9 Å². The van der Waals surface area contributed by atoms with Crippen molar-refractivity contribution in [3.8, 4) is 0 Å². The number of hydrogen-bond acceptors (Lipinski definition) is 3. The van der Waals surface area contributed by atoms with Crippen molar-refractivity contribution in [3.05, 3.63) is 48.0 Å². The van der Waals surface area contributed by atoms with Crippen LogP contribution in [0.2, 0.25) is 0 Å². The lowest BCUT2D eigenvalue weighted by Crippen LogP contribution is -2.23. The first-order chi connectivity index (χ1) is 9.61. The van der Waals surface area contributed by atoms with Gasteiger partial charge in [-0.05, 0) is 23.5 Å². The summed E-state index contributed by atoms with van der Waals surface area (Å²) in [5, 5.41) is 11.6. The van der Waals surface area contributed by atoms with E-state index >= 15 is 0 Å². The highest BCUT2D eigenvalue weighted by Gasteiger charge is 2.44. The fourth-order valence-corrected chi connectivity index (χ4v) is 2.13. The molecule has 0 saturated heterocycles. The molecule has 2 N–H and O–H groups in total. The maximum atomic E-state index is 11.3. The summed E-state index contributed by atoms with van der Waals surface area (Å²) in [5.41, 5.74) is 1.94. The third kappa shape index (κ3) is 3.60. The Hall–Kier alpha value is -2.30. The smallest absolute Gasteiger partial charge is 0.407 e. The zero-order chi connectivity index (χ0) is 14.5. The van der Waals surface area contributed by atoms with Gasteiger partial charge in [0.1, 0.15) is 6.61 Å². The Morgan fingerprint density at radius 3 is 2.95 bits per heavy atom.